The number of rotatable bonds is 4. The standard InChI is InChI=1S/C16H18F3NO/c17-16(18,19)21-14-7-3-6-13-12(10-20-15(13)14)9-8-11-4-1-2-5-11/h3,6-7,10-11,20H,1-2,4-5,8-9H2. The Labute approximate surface area is 121 Å². The van der Waals surface area contributed by atoms with E-state index in [1.807, 2.05) is 12.3 Å². The highest BCUT2D eigenvalue weighted by Gasteiger charge is 2.32. The van der Waals surface area contributed by atoms with Crippen LogP contribution < -0.4 is 4.74 Å². The molecule has 1 aliphatic rings. The van der Waals surface area contributed by atoms with Crippen molar-refractivity contribution in [2.24, 2.45) is 5.92 Å². The van der Waals surface area contributed by atoms with Crippen molar-refractivity contribution in [2.45, 2.75) is 44.9 Å². The van der Waals surface area contributed by atoms with E-state index >= 15 is 0 Å². The third-order valence-electron chi connectivity index (χ3n) is 4.29. The molecule has 1 N–H and O–H groups in total. The number of hydrogen-bond donors (Lipinski definition) is 1. The fourth-order valence-corrected chi connectivity index (χ4v) is 3.26. The van der Waals surface area contributed by atoms with Crippen molar-refractivity contribution < 1.29 is 17.9 Å². The number of halogens is 3. The number of hydrogen-bond acceptors (Lipinski definition) is 1. The predicted molar refractivity (Wildman–Crippen MR) is 75.3 cm³/mol. The lowest BCUT2D eigenvalue weighted by Crippen LogP contribution is -2.17. The summed E-state index contributed by atoms with van der Waals surface area (Å²) < 4.78 is 41.3. The van der Waals surface area contributed by atoms with E-state index in [2.05, 4.69) is 9.72 Å². The number of alkyl halides is 3. The largest absolute Gasteiger partial charge is 0.573 e. The zero-order valence-electron chi connectivity index (χ0n) is 11.7. The van der Waals surface area contributed by atoms with E-state index in [4.69, 9.17) is 0 Å². The van der Waals surface area contributed by atoms with E-state index < -0.39 is 6.36 Å². The van der Waals surface area contributed by atoms with Gasteiger partial charge in [0.2, 0.25) is 0 Å². The molecular weight excluding hydrogens is 279 g/mol. The fraction of sp³-hybridized carbons (Fsp3) is 0.500. The van der Waals surface area contributed by atoms with Gasteiger partial charge in [0.05, 0.1) is 5.52 Å². The third-order valence-corrected chi connectivity index (χ3v) is 4.29. The molecule has 0 spiro atoms. The number of ether oxygens (including phenoxy) is 1. The van der Waals surface area contributed by atoms with Gasteiger partial charge in [-0.15, -0.1) is 13.2 Å². The molecule has 1 aromatic heterocycles. The van der Waals surface area contributed by atoms with E-state index in [-0.39, 0.29) is 5.75 Å². The average molecular weight is 297 g/mol. The van der Waals surface area contributed by atoms with Crippen molar-refractivity contribution in [2.75, 3.05) is 0 Å². The molecule has 1 fully saturated rings. The van der Waals surface area contributed by atoms with Crippen molar-refractivity contribution in [1.82, 2.24) is 4.98 Å². The lowest BCUT2D eigenvalue weighted by atomic mass is 9.98. The van der Waals surface area contributed by atoms with E-state index in [9.17, 15) is 13.2 Å². The molecule has 2 aromatic rings. The molecular formula is C16H18F3NO. The summed E-state index contributed by atoms with van der Waals surface area (Å²) >= 11 is 0. The molecule has 0 bridgehead atoms. The first-order valence-electron chi connectivity index (χ1n) is 7.37. The van der Waals surface area contributed by atoms with Crippen molar-refractivity contribution in [3.05, 3.63) is 30.0 Å². The minimum absolute atomic E-state index is 0.160. The second-order valence-corrected chi connectivity index (χ2v) is 5.73. The van der Waals surface area contributed by atoms with Gasteiger partial charge in [-0.3, -0.25) is 0 Å². The Morgan fingerprint density at radius 3 is 2.67 bits per heavy atom. The van der Waals surface area contributed by atoms with Gasteiger partial charge in [-0.05, 0) is 30.4 Å². The molecule has 0 radical (unpaired) electrons. The van der Waals surface area contributed by atoms with Gasteiger partial charge < -0.3 is 9.72 Å². The summed E-state index contributed by atoms with van der Waals surface area (Å²) in [4.78, 5) is 2.93. The quantitative estimate of drug-likeness (QED) is 0.825. The summed E-state index contributed by atoms with van der Waals surface area (Å²) in [7, 11) is 0. The van der Waals surface area contributed by atoms with Crippen LogP contribution in [0.5, 0.6) is 5.75 Å². The summed E-state index contributed by atoms with van der Waals surface area (Å²) in [5, 5.41) is 0.828. The summed E-state index contributed by atoms with van der Waals surface area (Å²) in [6, 6.07) is 4.79. The molecule has 0 saturated heterocycles. The van der Waals surface area contributed by atoms with E-state index in [0.717, 1.165) is 29.7 Å². The number of aromatic nitrogens is 1. The Morgan fingerprint density at radius 1 is 1.19 bits per heavy atom. The second kappa shape index (κ2) is 5.62. The van der Waals surface area contributed by atoms with Crippen LogP contribution in [0.3, 0.4) is 0 Å². The normalized spacial score (nSPS) is 16.7. The van der Waals surface area contributed by atoms with Crippen molar-refractivity contribution in [3.8, 4) is 5.75 Å². The summed E-state index contributed by atoms with van der Waals surface area (Å²) in [6.07, 6.45) is 4.34. The van der Waals surface area contributed by atoms with E-state index in [1.54, 1.807) is 6.07 Å². The van der Waals surface area contributed by atoms with Crippen LogP contribution in [0.4, 0.5) is 13.2 Å². The van der Waals surface area contributed by atoms with Crippen LogP contribution in [0.25, 0.3) is 10.9 Å². The molecule has 114 valence electrons. The van der Waals surface area contributed by atoms with Crippen molar-refractivity contribution in [3.63, 3.8) is 0 Å². The molecule has 3 rings (SSSR count). The minimum atomic E-state index is -4.66. The molecule has 0 atom stereocenters. The lowest BCUT2D eigenvalue weighted by Gasteiger charge is -2.10. The number of aryl methyl sites for hydroxylation is 1. The van der Waals surface area contributed by atoms with Gasteiger partial charge >= 0.3 is 6.36 Å². The summed E-state index contributed by atoms with van der Waals surface area (Å²) in [5.74, 6) is 0.608. The van der Waals surface area contributed by atoms with Crippen molar-refractivity contribution >= 4 is 10.9 Å². The van der Waals surface area contributed by atoms with Crippen LogP contribution in [-0.4, -0.2) is 11.3 Å². The number of H-pyrrole nitrogens is 1. The highest BCUT2D eigenvalue weighted by atomic mass is 19.4. The average Bonchev–Trinajstić information content (AvgIpc) is 3.04. The molecule has 0 aliphatic heterocycles. The Bertz CT molecular complexity index is 611. The molecule has 1 saturated carbocycles. The molecule has 0 amide bonds. The van der Waals surface area contributed by atoms with E-state index in [1.165, 1.54) is 31.7 Å². The number of fused-ring (bicyclic) bond motifs is 1. The zero-order chi connectivity index (χ0) is 14.9. The van der Waals surface area contributed by atoms with Crippen molar-refractivity contribution in [1.29, 1.82) is 0 Å². The number of nitrogens with one attached hydrogen (secondary N) is 1. The first-order valence-corrected chi connectivity index (χ1v) is 7.37. The van der Waals surface area contributed by atoms with Gasteiger partial charge in [-0.1, -0.05) is 37.8 Å². The van der Waals surface area contributed by atoms with Gasteiger partial charge in [0.25, 0.3) is 0 Å². The fourth-order valence-electron chi connectivity index (χ4n) is 3.26. The molecule has 1 aliphatic carbocycles. The summed E-state index contributed by atoms with van der Waals surface area (Å²) in [5.41, 5.74) is 1.50. The Balaban J connectivity index is 1.79. The Hall–Kier alpha value is -1.65. The van der Waals surface area contributed by atoms with Gasteiger partial charge in [0.1, 0.15) is 0 Å². The SMILES string of the molecule is FC(F)(F)Oc1cccc2c(CCC3CCCC3)c[nH]c12. The smallest absolute Gasteiger partial charge is 0.404 e. The lowest BCUT2D eigenvalue weighted by molar-refractivity contribution is -0.274. The number of benzene rings is 1. The maximum atomic E-state index is 12.4. The van der Waals surface area contributed by atoms with Gasteiger partial charge in [0, 0.05) is 11.6 Å². The number of aromatic amines is 1. The molecule has 2 nitrogen and oxygen atoms in total. The minimum Gasteiger partial charge on any atom is -0.404 e. The van der Waals surface area contributed by atoms with Gasteiger partial charge in [-0.25, -0.2) is 0 Å². The van der Waals surface area contributed by atoms with Crippen LogP contribution >= 0.6 is 0 Å². The van der Waals surface area contributed by atoms with Crippen LogP contribution in [0, 0.1) is 5.92 Å². The summed E-state index contributed by atoms with van der Waals surface area (Å²) in [6.45, 7) is 0. The Kier molecular flexibility index (Phi) is 3.83. The first kappa shape index (κ1) is 14.3. The zero-order valence-corrected chi connectivity index (χ0v) is 11.7. The maximum absolute atomic E-state index is 12.4. The molecule has 1 aromatic carbocycles. The Morgan fingerprint density at radius 2 is 1.95 bits per heavy atom. The highest BCUT2D eigenvalue weighted by molar-refractivity contribution is 5.88. The topological polar surface area (TPSA) is 25.0 Å². The van der Waals surface area contributed by atoms with Gasteiger partial charge in [-0.2, -0.15) is 0 Å². The second-order valence-electron chi connectivity index (χ2n) is 5.73. The first-order chi connectivity index (χ1) is 10.0. The predicted octanol–water partition coefficient (Wildman–Crippen LogP) is 5.19. The van der Waals surface area contributed by atoms with Crippen LogP contribution in [0.15, 0.2) is 24.4 Å². The number of para-hydroxylation sites is 1. The molecule has 0 unspecified atom stereocenters. The molecule has 21 heavy (non-hydrogen) atoms. The van der Waals surface area contributed by atoms with E-state index in [0.29, 0.717) is 5.52 Å². The van der Waals surface area contributed by atoms with Crippen LogP contribution in [-0.2, 0) is 6.42 Å². The maximum Gasteiger partial charge on any atom is 0.573 e. The van der Waals surface area contributed by atoms with Crippen LogP contribution in [0.1, 0.15) is 37.7 Å². The van der Waals surface area contributed by atoms with Gasteiger partial charge in [0.15, 0.2) is 5.75 Å². The molecule has 1 heterocycles. The van der Waals surface area contributed by atoms with Crippen LogP contribution in [0.2, 0.25) is 0 Å². The third kappa shape index (κ3) is 3.34. The highest BCUT2D eigenvalue weighted by Crippen LogP contribution is 2.33. The molecule has 5 heteroatoms. The monoisotopic (exact) mass is 297 g/mol.